The molecule has 0 bridgehead atoms. The highest BCUT2D eigenvalue weighted by Gasteiger charge is 2.41. The van der Waals surface area contributed by atoms with Crippen LogP contribution in [0.3, 0.4) is 0 Å². The number of halogens is 3. The number of hydrogen-bond donors (Lipinski definition) is 1. The van der Waals surface area contributed by atoms with E-state index in [0.717, 1.165) is 19.4 Å². The number of rotatable bonds is 2. The van der Waals surface area contributed by atoms with Crippen molar-refractivity contribution in [1.29, 1.82) is 0 Å². The van der Waals surface area contributed by atoms with Crippen molar-refractivity contribution < 1.29 is 27.8 Å². The first kappa shape index (κ1) is 13.9. The van der Waals surface area contributed by atoms with Gasteiger partial charge in [-0.15, -0.1) is 0 Å². The molecule has 8 heteroatoms. The van der Waals surface area contributed by atoms with Gasteiger partial charge in [0.2, 0.25) is 0 Å². The lowest BCUT2D eigenvalue weighted by molar-refractivity contribution is -0.143. The van der Waals surface area contributed by atoms with E-state index < -0.39 is 23.4 Å². The fraction of sp³-hybridized carbons (Fsp3) is 0.167. The molecule has 0 atom stereocenters. The standard InChI is InChI=1S/C12H9F3N2O3/c1-20-11(19)9-6-16-17(10(9)12(13,14)15)7-3-2-4-8(18)5-7/h2-6,18H,1H3. The van der Waals surface area contributed by atoms with E-state index in [0.29, 0.717) is 4.68 Å². The first-order valence-electron chi connectivity index (χ1n) is 5.37. The molecule has 20 heavy (non-hydrogen) atoms. The lowest BCUT2D eigenvalue weighted by atomic mass is 10.2. The average molecular weight is 286 g/mol. The number of alkyl halides is 3. The molecule has 1 aromatic carbocycles. The van der Waals surface area contributed by atoms with Crippen LogP contribution in [0.2, 0.25) is 0 Å². The number of ether oxygens (including phenoxy) is 1. The Morgan fingerprint density at radius 3 is 2.65 bits per heavy atom. The summed E-state index contributed by atoms with van der Waals surface area (Å²) in [5.74, 6) is -1.35. The molecule has 106 valence electrons. The van der Waals surface area contributed by atoms with Gasteiger partial charge in [0, 0.05) is 6.07 Å². The molecule has 2 rings (SSSR count). The maximum absolute atomic E-state index is 13.1. The highest BCUT2D eigenvalue weighted by atomic mass is 19.4. The molecule has 0 saturated carbocycles. The Morgan fingerprint density at radius 2 is 2.10 bits per heavy atom. The van der Waals surface area contributed by atoms with Crippen molar-refractivity contribution in [3.05, 3.63) is 41.7 Å². The summed E-state index contributed by atoms with van der Waals surface area (Å²) in [7, 11) is 0.980. The van der Waals surface area contributed by atoms with Gasteiger partial charge < -0.3 is 9.84 Å². The zero-order valence-corrected chi connectivity index (χ0v) is 10.2. The Morgan fingerprint density at radius 1 is 1.40 bits per heavy atom. The first-order chi connectivity index (χ1) is 9.34. The van der Waals surface area contributed by atoms with Gasteiger partial charge in [0.05, 0.1) is 19.0 Å². The normalized spacial score (nSPS) is 11.4. The summed E-state index contributed by atoms with van der Waals surface area (Å²) in [4.78, 5) is 11.4. The van der Waals surface area contributed by atoms with Crippen LogP contribution in [0.25, 0.3) is 5.69 Å². The first-order valence-corrected chi connectivity index (χ1v) is 5.37. The lowest BCUT2D eigenvalue weighted by Crippen LogP contribution is -2.18. The number of benzene rings is 1. The molecule has 0 aliphatic heterocycles. The van der Waals surface area contributed by atoms with E-state index in [1.165, 1.54) is 18.2 Å². The molecule has 1 N–H and O–H groups in total. The fourth-order valence-corrected chi connectivity index (χ4v) is 1.70. The molecule has 0 aliphatic carbocycles. The quantitative estimate of drug-likeness (QED) is 0.861. The van der Waals surface area contributed by atoms with Crippen molar-refractivity contribution in [1.82, 2.24) is 9.78 Å². The van der Waals surface area contributed by atoms with Crippen LogP contribution in [0, 0.1) is 0 Å². The molecular weight excluding hydrogens is 277 g/mol. The van der Waals surface area contributed by atoms with Crippen LogP contribution in [-0.2, 0) is 10.9 Å². The fourth-order valence-electron chi connectivity index (χ4n) is 1.70. The third kappa shape index (κ3) is 2.44. The van der Waals surface area contributed by atoms with Crippen molar-refractivity contribution in [3.63, 3.8) is 0 Å². The van der Waals surface area contributed by atoms with Crippen LogP contribution in [0.5, 0.6) is 5.75 Å². The number of carbonyl (C=O) groups is 1. The lowest BCUT2D eigenvalue weighted by Gasteiger charge is -2.12. The third-order valence-corrected chi connectivity index (χ3v) is 2.52. The number of nitrogens with zero attached hydrogens (tertiary/aromatic N) is 2. The Labute approximate surface area is 111 Å². The number of aromatic hydroxyl groups is 1. The van der Waals surface area contributed by atoms with E-state index in [-0.39, 0.29) is 11.4 Å². The van der Waals surface area contributed by atoms with Gasteiger partial charge in [-0.25, -0.2) is 9.48 Å². The van der Waals surface area contributed by atoms with Crippen molar-refractivity contribution >= 4 is 5.97 Å². The monoisotopic (exact) mass is 286 g/mol. The van der Waals surface area contributed by atoms with Gasteiger partial charge in [-0.1, -0.05) is 6.07 Å². The van der Waals surface area contributed by atoms with Crippen LogP contribution in [0.15, 0.2) is 30.5 Å². The van der Waals surface area contributed by atoms with E-state index in [2.05, 4.69) is 9.84 Å². The van der Waals surface area contributed by atoms with E-state index >= 15 is 0 Å². The Bertz CT molecular complexity index is 650. The molecular formula is C12H9F3N2O3. The maximum Gasteiger partial charge on any atom is 0.434 e. The number of esters is 1. The maximum atomic E-state index is 13.1. The van der Waals surface area contributed by atoms with Gasteiger partial charge in [0.15, 0.2) is 5.69 Å². The highest BCUT2D eigenvalue weighted by Crippen LogP contribution is 2.34. The second-order valence-corrected chi connectivity index (χ2v) is 3.83. The van der Waals surface area contributed by atoms with Crippen LogP contribution < -0.4 is 0 Å². The minimum absolute atomic E-state index is 0.0209. The number of methoxy groups -OCH3 is 1. The summed E-state index contributed by atoms with van der Waals surface area (Å²) >= 11 is 0. The van der Waals surface area contributed by atoms with Crippen LogP contribution in [0.4, 0.5) is 13.2 Å². The zero-order valence-electron chi connectivity index (χ0n) is 10.2. The topological polar surface area (TPSA) is 64.3 Å². The second kappa shape index (κ2) is 4.87. The minimum atomic E-state index is -4.80. The molecule has 0 unspecified atom stereocenters. The van der Waals surface area contributed by atoms with Crippen LogP contribution >= 0.6 is 0 Å². The van der Waals surface area contributed by atoms with Gasteiger partial charge in [0.25, 0.3) is 0 Å². The van der Waals surface area contributed by atoms with Crippen molar-refractivity contribution in [2.24, 2.45) is 0 Å². The molecule has 0 aliphatic rings. The molecule has 1 aromatic heterocycles. The predicted molar refractivity (Wildman–Crippen MR) is 61.6 cm³/mol. The number of phenols is 1. The van der Waals surface area contributed by atoms with E-state index in [9.17, 15) is 23.1 Å². The Hall–Kier alpha value is -2.51. The van der Waals surface area contributed by atoms with Gasteiger partial charge >= 0.3 is 12.1 Å². The second-order valence-electron chi connectivity index (χ2n) is 3.83. The Balaban J connectivity index is 2.66. The van der Waals surface area contributed by atoms with Gasteiger partial charge in [-0.3, -0.25) is 0 Å². The van der Waals surface area contributed by atoms with Gasteiger partial charge in [-0.05, 0) is 12.1 Å². The highest BCUT2D eigenvalue weighted by molar-refractivity contribution is 5.90. The molecule has 0 radical (unpaired) electrons. The predicted octanol–water partition coefficient (Wildman–Crippen LogP) is 2.38. The summed E-state index contributed by atoms with van der Waals surface area (Å²) in [5, 5.41) is 12.9. The van der Waals surface area contributed by atoms with Crippen LogP contribution in [-0.4, -0.2) is 28.0 Å². The van der Waals surface area contributed by atoms with Crippen molar-refractivity contribution in [2.45, 2.75) is 6.18 Å². The summed E-state index contributed by atoms with van der Waals surface area (Å²) in [6, 6.07) is 5.10. The minimum Gasteiger partial charge on any atom is -0.508 e. The van der Waals surface area contributed by atoms with Gasteiger partial charge in [0.1, 0.15) is 11.3 Å². The van der Waals surface area contributed by atoms with E-state index in [4.69, 9.17) is 0 Å². The molecule has 0 spiro atoms. The van der Waals surface area contributed by atoms with E-state index in [1.54, 1.807) is 0 Å². The molecule has 5 nitrogen and oxygen atoms in total. The van der Waals surface area contributed by atoms with E-state index in [1.807, 2.05) is 0 Å². The van der Waals surface area contributed by atoms with Gasteiger partial charge in [-0.2, -0.15) is 18.3 Å². The summed E-state index contributed by atoms with van der Waals surface area (Å²) in [5.41, 5.74) is -1.97. The van der Waals surface area contributed by atoms with Crippen molar-refractivity contribution in [3.8, 4) is 11.4 Å². The molecule has 0 amide bonds. The van der Waals surface area contributed by atoms with Crippen LogP contribution in [0.1, 0.15) is 16.1 Å². The smallest absolute Gasteiger partial charge is 0.434 e. The Kier molecular flexibility index (Phi) is 3.39. The largest absolute Gasteiger partial charge is 0.508 e. The third-order valence-electron chi connectivity index (χ3n) is 2.52. The van der Waals surface area contributed by atoms with Crippen molar-refractivity contribution in [2.75, 3.05) is 7.11 Å². The zero-order chi connectivity index (χ0) is 14.9. The number of aromatic nitrogens is 2. The number of phenolic OH excluding ortho intramolecular Hbond substituents is 1. The summed E-state index contributed by atoms with van der Waals surface area (Å²) in [6.07, 6.45) is -4.02. The molecule has 1 heterocycles. The number of hydrogen-bond acceptors (Lipinski definition) is 4. The molecule has 0 fully saturated rings. The summed E-state index contributed by atoms with van der Waals surface area (Å²) in [6.45, 7) is 0. The number of carbonyl (C=O) groups excluding carboxylic acids is 1. The summed E-state index contributed by atoms with van der Waals surface area (Å²) < 4.78 is 44.1. The SMILES string of the molecule is COC(=O)c1cnn(-c2cccc(O)c2)c1C(F)(F)F. The average Bonchev–Trinajstić information content (AvgIpc) is 2.82. The molecule has 2 aromatic rings. The molecule has 0 saturated heterocycles.